The number of benzene rings is 1. The van der Waals surface area contributed by atoms with Crippen LogP contribution in [0.25, 0.3) is 0 Å². The van der Waals surface area contributed by atoms with E-state index >= 15 is 0 Å². The van der Waals surface area contributed by atoms with Crippen LogP contribution >= 0.6 is 0 Å². The van der Waals surface area contributed by atoms with E-state index in [-0.39, 0.29) is 11.3 Å². The quantitative estimate of drug-likeness (QED) is 0.667. The molecule has 1 saturated heterocycles. The second-order valence-corrected chi connectivity index (χ2v) is 7.53. The van der Waals surface area contributed by atoms with Gasteiger partial charge in [-0.1, -0.05) is 18.2 Å². The van der Waals surface area contributed by atoms with E-state index in [0.717, 1.165) is 11.8 Å². The summed E-state index contributed by atoms with van der Waals surface area (Å²) < 4.78 is 81.9. The Morgan fingerprint density at radius 1 is 1.15 bits per heavy atom. The number of likely N-dealkylation sites (tertiary alicyclic amines) is 1. The minimum absolute atomic E-state index is 0.0144. The Labute approximate surface area is 152 Å². The highest BCUT2D eigenvalue weighted by atomic mass is 19.4. The van der Waals surface area contributed by atoms with E-state index in [1.54, 1.807) is 13.8 Å². The average Bonchev–Trinajstić information content (AvgIpc) is 2.95. The molecule has 2 unspecified atom stereocenters. The molecule has 1 spiro atoms. The molecule has 1 aromatic carbocycles. The Morgan fingerprint density at radius 3 is 2.26 bits per heavy atom. The molecule has 0 radical (unpaired) electrons. The zero-order valence-corrected chi connectivity index (χ0v) is 14.9. The van der Waals surface area contributed by atoms with Crippen LogP contribution in [0.1, 0.15) is 32.8 Å². The largest absolute Gasteiger partial charge is 0.430 e. The van der Waals surface area contributed by atoms with Crippen LogP contribution in [0, 0.1) is 5.41 Å². The second kappa shape index (κ2) is 5.72. The number of halogens is 6. The Hall–Kier alpha value is -2.06. The van der Waals surface area contributed by atoms with Gasteiger partial charge in [-0.15, -0.1) is 0 Å². The number of fused-ring (bicyclic) bond motifs is 2. The van der Waals surface area contributed by atoms with Gasteiger partial charge in [0.1, 0.15) is 5.71 Å². The first-order chi connectivity index (χ1) is 12.2. The van der Waals surface area contributed by atoms with Gasteiger partial charge in [0.15, 0.2) is 0 Å². The van der Waals surface area contributed by atoms with Crippen molar-refractivity contribution in [2.24, 2.45) is 10.4 Å². The molecule has 1 aromatic rings. The fourth-order valence-electron chi connectivity index (χ4n) is 4.35. The molecule has 2 aliphatic rings. The Kier molecular flexibility index (Phi) is 4.17. The topological polar surface area (TPSA) is 32.7 Å². The molecule has 148 valence electrons. The maximum absolute atomic E-state index is 13.9. The van der Waals surface area contributed by atoms with Crippen molar-refractivity contribution in [2.75, 3.05) is 6.54 Å². The molecule has 2 heterocycles. The molecule has 3 rings (SSSR count). The highest BCUT2D eigenvalue weighted by Gasteiger charge is 2.72. The lowest BCUT2D eigenvalue weighted by molar-refractivity contribution is -0.171. The lowest BCUT2D eigenvalue weighted by atomic mass is 9.59. The van der Waals surface area contributed by atoms with E-state index in [0.29, 0.717) is 0 Å². The maximum Gasteiger partial charge on any atom is 0.430 e. The highest BCUT2D eigenvalue weighted by molar-refractivity contribution is 6.11. The minimum atomic E-state index is -4.97. The SMILES string of the molecule is CC(C)N1CC2(C(C(F)(F)F)=Nc3ccccc32)C(C)(CC(F)(F)F)C1=O. The molecule has 2 aliphatic heterocycles. The number of hydrogen-bond donors (Lipinski definition) is 0. The van der Waals surface area contributed by atoms with Crippen LogP contribution in [0.5, 0.6) is 0 Å². The van der Waals surface area contributed by atoms with Crippen molar-refractivity contribution in [3.63, 3.8) is 0 Å². The number of amides is 1. The van der Waals surface area contributed by atoms with E-state index in [9.17, 15) is 31.1 Å². The number of hydrogen-bond acceptors (Lipinski definition) is 2. The molecule has 1 amide bonds. The van der Waals surface area contributed by atoms with Gasteiger partial charge in [-0.25, -0.2) is 4.99 Å². The van der Waals surface area contributed by atoms with Crippen molar-refractivity contribution < 1.29 is 31.1 Å². The van der Waals surface area contributed by atoms with Crippen LogP contribution in [0.4, 0.5) is 32.0 Å². The van der Waals surface area contributed by atoms with E-state index in [1.807, 2.05) is 0 Å². The molecule has 2 atom stereocenters. The van der Waals surface area contributed by atoms with Gasteiger partial charge in [-0.05, 0) is 32.4 Å². The standard InChI is InChI=1S/C18H18F6N2O/c1-10(2)26-9-16(15(3,14(26)27)8-17(19,20)21)11-6-4-5-7-12(11)25-13(16)18(22,23)24/h4-7,10H,8-9H2,1-3H3. The summed E-state index contributed by atoms with van der Waals surface area (Å²) in [7, 11) is 0. The number of aliphatic imine (C=N–C) groups is 1. The van der Waals surface area contributed by atoms with Gasteiger partial charge in [-0.2, -0.15) is 26.3 Å². The minimum Gasteiger partial charge on any atom is -0.338 e. The summed E-state index contributed by atoms with van der Waals surface area (Å²) >= 11 is 0. The number of para-hydroxylation sites is 1. The summed E-state index contributed by atoms with van der Waals surface area (Å²) in [6.07, 6.45) is -11.5. The third kappa shape index (κ3) is 2.73. The number of rotatable bonds is 2. The molecule has 9 heteroatoms. The van der Waals surface area contributed by atoms with Crippen LogP contribution in [-0.2, 0) is 10.2 Å². The van der Waals surface area contributed by atoms with E-state index in [4.69, 9.17) is 0 Å². The van der Waals surface area contributed by atoms with Crippen LogP contribution in [0.3, 0.4) is 0 Å². The van der Waals surface area contributed by atoms with Gasteiger partial charge >= 0.3 is 12.4 Å². The first kappa shape index (κ1) is 19.7. The summed E-state index contributed by atoms with van der Waals surface area (Å²) in [6.45, 7) is 3.62. The van der Waals surface area contributed by atoms with Crippen molar-refractivity contribution in [3.05, 3.63) is 29.8 Å². The van der Waals surface area contributed by atoms with Crippen LogP contribution in [0.2, 0.25) is 0 Å². The van der Waals surface area contributed by atoms with Crippen LogP contribution in [-0.4, -0.2) is 41.5 Å². The predicted molar refractivity (Wildman–Crippen MR) is 86.9 cm³/mol. The molecule has 3 nitrogen and oxygen atoms in total. The monoisotopic (exact) mass is 392 g/mol. The lowest BCUT2D eigenvalue weighted by Gasteiger charge is -2.40. The van der Waals surface area contributed by atoms with Gasteiger partial charge in [0.2, 0.25) is 5.91 Å². The first-order valence-corrected chi connectivity index (χ1v) is 8.38. The molecule has 0 aromatic heterocycles. The van der Waals surface area contributed by atoms with Crippen LogP contribution < -0.4 is 0 Å². The smallest absolute Gasteiger partial charge is 0.338 e. The van der Waals surface area contributed by atoms with Gasteiger partial charge in [0.25, 0.3) is 0 Å². The molecular weight excluding hydrogens is 374 g/mol. The summed E-state index contributed by atoms with van der Waals surface area (Å²) in [5.74, 6) is -0.941. The van der Waals surface area contributed by atoms with E-state index in [2.05, 4.69) is 4.99 Å². The van der Waals surface area contributed by atoms with Gasteiger partial charge in [-0.3, -0.25) is 4.79 Å². The number of alkyl halides is 6. The maximum atomic E-state index is 13.9. The van der Waals surface area contributed by atoms with Gasteiger partial charge < -0.3 is 4.90 Å². The fourth-order valence-corrected chi connectivity index (χ4v) is 4.35. The lowest BCUT2D eigenvalue weighted by Crippen LogP contribution is -2.55. The predicted octanol–water partition coefficient (Wildman–Crippen LogP) is 4.78. The summed E-state index contributed by atoms with van der Waals surface area (Å²) in [5.41, 5.74) is -5.92. The Bertz CT molecular complexity index is 813. The summed E-state index contributed by atoms with van der Waals surface area (Å²) in [6, 6.07) is 5.03. The van der Waals surface area contributed by atoms with Crippen molar-refractivity contribution in [2.45, 2.75) is 51.0 Å². The first-order valence-electron chi connectivity index (χ1n) is 8.38. The highest BCUT2D eigenvalue weighted by Crippen LogP contribution is 2.61. The molecular formula is C18H18F6N2O. The van der Waals surface area contributed by atoms with E-state index < -0.39 is 53.8 Å². The summed E-state index contributed by atoms with van der Waals surface area (Å²) in [4.78, 5) is 17.7. The Balaban J connectivity index is 2.34. The van der Waals surface area contributed by atoms with Crippen molar-refractivity contribution >= 4 is 17.3 Å². The number of nitrogens with zero attached hydrogens (tertiary/aromatic N) is 2. The van der Waals surface area contributed by atoms with Gasteiger partial charge in [0.05, 0.1) is 22.9 Å². The van der Waals surface area contributed by atoms with Gasteiger partial charge in [0, 0.05) is 12.6 Å². The number of carbonyl (C=O) groups excluding carboxylic acids is 1. The summed E-state index contributed by atoms with van der Waals surface area (Å²) in [5, 5.41) is 0. The zero-order valence-electron chi connectivity index (χ0n) is 14.9. The van der Waals surface area contributed by atoms with E-state index in [1.165, 1.54) is 24.3 Å². The third-order valence-corrected chi connectivity index (χ3v) is 5.53. The molecule has 0 N–H and O–H groups in total. The molecule has 27 heavy (non-hydrogen) atoms. The van der Waals surface area contributed by atoms with Crippen molar-refractivity contribution in [3.8, 4) is 0 Å². The molecule has 0 bridgehead atoms. The zero-order chi connectivity index (χ0) is 20.4. The fraction of sp³-hybridized carbons (Fsp3) is 0.556. The van der Waals surface area contributed by atoms with Crippen molar-refractivity contribution in [1.29, 1.82) is 0 Å². The molecule has 0 aliphatic carbocycles. The second-order valence-electron chi connectivity index (χ2n) is 7.53. The third-order valence-electron chi connectivity index (χ3n) is 5.53. The van der Waals surface area contributed by atoms with Crippen LogP contribution in [0.15, 0.2) is 29.3 Å². The molecule has 1 fully saturated rings. The van der Waals surface area contributed by atoms with Crippen molar-refractivity contribution in [1.82, 2.24) is 4.90 Å². The molecule has 0 saturated carbocycles. The normalized spacial score (nSPS) is 28.3. The number of carbonyl (C=O) groups is 1. The average molecular weight is 392 g/mol. The Morgan fingerprint density at radius 2 is 1.74 bits per heavy atom.